The zero-order chi connectivity index (χ0) is 12.9. The van der Waals surface area contributed by atoms with Gasteiger partial charge in [-0.05, 0) is 27.1 Å². The van der Waals surface area contributed by atoms with Crippen LogP contribution in [-0.4, -0.2) is 14.9 Å². The van der Waals surface area contributed by atoms with E-state index in [2.05, 4.69) is 21.0 Å². The van der Waals surface area contributed by atoms with E-state index in [1.54, 1.807) is 10.9 Å². The van der Waals surface area contributed by atoms with Gasteiger partial charge in [0.05, 0.1) is 16.4 Å². The molecule has 0 aliphatic heterocycles. The zero-order valence-corrected chi connectivity index (χ0v) is 11.6. The van der Waals surface area contributed by atoms with Crippen LogP contribution in [0.3, 0.4) is 0 Å². The Morgan fingerprint density at radius 1 is 1.50 bits per heavy atom. The molecule has 5 heteroatoms. The highest BCUT2D eigenvalue weighted by Crippen LogP contribution is 2.47. The minimum absolute atomic E-state index is 0.145. The van der Waals surface area contributed by atoms with Crippen LogP contribution in [0.4, 0.5) is 0 Å². The third kappa shape index (κ3) is 1.48. The van der Waals surface area contributed by atoms with Crippen molar-refractivity contribution < 1.29 is 5.11 Å². The summed E-state index contributed by atoms with van der Waals surface area (Å²) >= 11 is 3.45. The highest BCUT2D eigenvalue weighted by Gasteiger charge is 2.45. The molecule has 0 saturated carbocycles. The summed E-state index contributed by atoms with van der Waals surface area (Å²) in [5.41, 5.74) is 7.69. The second kappa shape index (κ2) is 3.91. The lowest BCUT2D eigenvalue weighted by Gasteiger charge is -2.25. The molecule has 1 aromatic heterocycles. The molecule has 18 heavy (non-hydrogen) atoms. The number of halogens is 1. The van der Waals surface area contributed by atoms with E-state index in [9.17, 15) is 5.11 Å². The normalized spacial score (nSPS) is 26.3. The van der Waals surface area contributed by atoms with Gasteiger partial charge in [0.15, 0.2) is 0 Å². The number of fused-ring (bicyclic) bond motifs is 1. The number of nitrogens with zero attached hydrogens (tertiary/aromatic N) is 2. The van der Waals surface area contributed by atoms with Crippen molar-refractivity contribution in [3.63, 3.8) is 0 Å². The molecule has 0 amide bonds. The summed E-state index contributed by atoms with van der Waals surface area (Å²) in [7, 11) is 1.82. The highest BCUT2D eigenvalue weighted by molar-refractivity contribution is 9.10. The van der Waals surface area contributed by atoms with Gasteiger partial charge < -0.3 is 10.8 Å². The molecule has 2 atom stereocenters. The van der Waals surface area contributed by atoms with Crippen molar-refractivity contribution in [2.24, 2.45) is 12.8 Å². The molecule has 1 aliphatic carbocycles. The van der Waals surface area contributed by atoms with Crippen LogP contribution in [0.25, 0.3) is 0 Å². The van der Waals surface area contributed by atoms with E-state index in [4.69, 9.17) is 5.73 Å². The predicted molar refractivity (Wildman–Crippen MR) is 71.9 cm³/mol. The topological polar surface area (TPSA) is 64.1 Å². The highest BCUT2D eigenvalue weighted by atomic mass is 79.9. The van der Waals surface area contributed by atoms with E-state index < -0.39 is 5.60 Å². The number of rotatable bonds is 1. The first-order valence-corrected chi connectivity index (χ1v) is 6.58. The van der Waals surface area contributed by atoms with Gasteiger partial charge in [0.2, 0.25) is 0 Å². The molecule has 0 fully saturated rings. The van der Waals surface area contributed by atoms with Crippen LogP contribution >= 0.6 is 15.9 Å². The molecule has 3 N–H and O–H groups in total. The first-order valence-electron chi connectivity index (χ1n) is 5.79. The third-order valence-corrected chi connectivity index (χ3v) is 4.19. The quantitative estimate of drug-likeness (QED) is 0.844. The summed E-state index contributed by atoms with van der Waals surface area (Å²) in [6.07, 6.45) is 2.17. The van der Waals surface area contributed by atoms with Crippen LogP contribution in [0.15, 0.2) is 34.9 Å². The van der Waals surface area contributed by atoms with Gasteiger partial charge in [0, 0.05) is 19.5 Å². The van der Waals surface area contributed by atoms with Gasteiger partial charge >= 0.3 is 0 Å². The number of aliphatic hydroxyl groups is 1. The SMILES string of the molecule is Cn1ncc(Br)c1C1(O)CC(N)c2ccccc21. The minimum Gasteiger partial charge on any atom is -0.379 e. The van der Waals surface area contributed by atoms with Gasteiger partial charge in [-0.3, -0.25) is 4.68 Å². The zero-order valence-electron chi connectivity index (χ0n) is 9.97. The maximum atomic E-state index is 11.1. The third-order valence-electron chi connectivity index (χ3n) is 3.61. The van der Waals surface area contributed by atoms with Gasteiger partial charge in [0.1, 0.15) is 5.60 Å². The fourth-order valence-electron chi connectivity index (χ4n) is 2.84. The van der Waals surface area contributed by atoms with Crippen LogP contribution < -0.4 is 5.73 Å². The average Bonchev–Trinajstić information content (AvgIpc) is 2.80. The van der Waals surface area contributed by atoms with Crippen LogP contribution in [-0.2, 0) is 12.6 Å². The molecule has 0 radical (unpaired) electrons. The average molecular weight is 308 g/mol. The van der Waals surface area contributed by atoms with Crippen molar-refractivity contribution >= 4 is 15.9 Å². The Kier molecular flexibility index (Phi) is 2.59. The summed E-state index contributed by atoms with van der Waals surface area (Å²) in [6, 6.07) is 7.63. The Labute approximate surface area is 114 Å². The molecule has 2 unspecified atom stereocenters. The summed E-state index contributed by atoms with van der Waals surface area (Å²) in [5, 5.41) is 15.2. The number of benzene rings is 1. The van der Waals surface area contributed by atoms with E-state index in [1.807, 2.05) is 31.3 Å². The van der Waals surface area contributed by atoms with Crippen LogP contribution in [0.5, 0.6) is 0 Å². The fraction of sp³-hybridized carbons (Fsp3) is 0.308. The van der Waals surface area contributed by atoms with Crippen molar-refractivity contribution in [1.82, 2.24) is 9.78 Å². The van der Waals surface area contributed by atoms with Gasteiger partial charge in [-0.1, -0.05) is 24.3 Å². The Morgan fingerprint density at radius 3 is 2.89 bits per heavy atom. The summed E-state index contributed by atoms with van der Waals surface area (Å²) in [4.78, 5) is 0. The largest absolute Gasteiger partial charge is 0.379 e. The Balaban J connectivity index is 2.24. The summed E-state index contributed by atoms with van der Waals surface area (Å²) in [5.74, 6) is 0. The summed E-state index contributed by atoms with van der Waals surface area (Å²) in [6.45, 7) is 0. The molecule has 3 rings (SSSR count). The lowest BCUT2D eigenvalue weighted by molar-refractivity contribution is 0.0681. The molecule has 1 heterocycles. The van der Waals surface area contributed by atoms with E-state index in [1.165, 1.54) is 0 Å². The number of hydrogen-bond donors (Lipinski definition) is 2. The van der Waals surface area contributed by atoms with Crippen LogP contribution in [0.2, 0.25) is 0 Å². The lowest BCUT2D eigenvalue weighted by atomic mass is 9.92. The molecule has 0 spiro atoms. The monoisotopic (exact) mass is 307 g/mol. The minimum atomic E-state index is -1.07. The second-order valence-electron chi connectivity index (χ2n) is 4.72. The molecule has 1 aromatic carbocycles. The van der Waals surface area contributed by atoms with E-state index in [0.29, 0.717) is 6.42 Å². The predicted octanol–water partition coefficient (Wildman–Crippen LogP) is 1.82. The summed E-state index contributed by atoms with van der Waals surface area (Å²) < 4.78 is 2.50. The Bertz CT molecular complexity index is 591. The Hall–Kier alpha value is -1.17. The lowest BCUT2D eigenvalue weighted by Crippen LogP contribution is -2.28. The number of aromatic nitrogens is 2. The maximum Gasteiger partial charge on any atom is 0.134 e. The molecule has 4 nitrogen and oxygen atoms in total. The standard InChI is InChI=1S/C13H14BrN3O/c1-17-12(10(14)7-16-17)13(18)6-11(15)8-4-2-3-5-9(8)13/h2-5,7,11,18H,6,15H2,1H3. The van der Waals surface area contributed by atoms with Gasteiger partial charge in [-0.2, -0.15) is 5.10 Å². The van der Waals surface area contributed by atoms with Crippen LogP contribution in [0.1, 0.15) is 29.3 Å². The van der Waals surface area contributed by atoms with Gasteiger partial charge in [-0.15, -0.1) is 0 Å². The van der Waals surface area contributed by atoms with Crippen molar-refractivity contribution in [2.75, 3.05) is 0 Å². The molecule has 2 aromatic rings. The fourth-order valence-corrected chi connectivity index (χ4v) is 3.51. The molecular formula is C13H14BrN3O. The smallest absolute Gasteiger partial charge is 0.134 e. The van der Waals surface area contributed by atoms with Crippen molar-refractivity contribution in [3.8, 4) is 0 Å². The molecule has 1 aliphatic rings. The first kappa shape index (κ1) is 11.9. The van der Waals surface area contributed by atoms with Crippen molar-refractivity contribution in [2.45, 2.75) is 18.1 Å². The number of hydrogen-bond acceptors (Lipinski definition) is 3. The number of aryl methyl sites for hydroxylation is 1. The molecular weight excluding hydrogens is 294 g/mol. The van der Waals surface area contributed by atoms with Gasteiger partial charge in [0.25, 0.3) is 0 Å². The second-order valence-corrected chi connectivity index (χ2v) is 5.58. The molecule has 0 saturated heterocycles. The Morgan fingerprint density at radius 2 is 2.22 bits per heavy atom. The maximum absolute atomic E-state index is 11.1. The van der Waals surface area contributed by atoms with Crippen molar-refractivity contribution in [3.05, 3.63) is 51.8 Å². The van der Waals surface area contributed by atoms with E-state index >= 15 is 0 Å². The van der Waals surface area contributed by atoms with E-state index in [0.717, 1.165) is 21.3 Å². The number of nitrogens with two attached hydrogens (primary N) is 1. The van der Waals surface area contributed by atoms with Crippen molar-refractivity contribution in [1.29, 1.82) is 0 Å². The van der Waals surface area contributed by atoms with Crippen LogP contribution in [0, 0.1) is 0 Å². The van der Waals surface area contributed by atoms with Gasteiger partial charge in [-0.25, -0.2) is 0 Å². The first-order chi connectivity index (χ1) is 8.54. The van der Waals surface area contributed by atoms with E-state index in [-0.39, 0.29) is 6.04 Å². The molecule has 94 valence electrons. The molecule has 0 bridgehead atoms.